The van der Waals surface area contributed by atoms with Crippen molar-refractivity contribution < 1.29 is 9.59 Å². The van der Waals surface area contributed by atoms with Crippen LogP contribution in [-0.2, 0) is 11.8 Å². The number of nitrogens with zero attached hydrogens (tertiary/aromatic N) is 2. The smallest absolute Gasteiger partial charge is 0.256 e. The molecule has 4 atom stereocenters. The molecule has 2 bridgehead atoms. The molecule has 6 nitrogen and oxygen atoms in total. The SMILES string of the molecule is Cc1nn(C)c(Cl)c1C(=O)NC[C@H]1[C@H](C(=O)Nc2ccc(Br)cc2)[C@@H]2C=C[C@H]1C21CC1. The molecule has 31 heavy (non-hydrogen) atoms. The largest absolute Gasteiger partial charge is 0.352 e. The summed E-state index contributed by atoms with van der Waals surface area (Å²) in [6.07, 6.45) is 6.79. The van der Waals surface area contributed by atoms with Crippen molar-refractivity contribution in [2.45, 2.75) is 19.8 Å². The van der Waals surface area contributed by atoms with Crippen LogP contribution in [0.2, 0.25) is 5.15 Å². The Hall–Kier alpha value is -2.12. The van der Waals surface area contributed by atoms with Crippen LogP contribution >= 0.6 is 27.5 Å². The molecule has 2 aromatic rings. The topological polar surface area (TPSA) is 76.0 Å². The van der Waals surface area contributed by atoms with Crippen LogP contribution in [0.3, 0.4) is 0 Å². The van der Waals surface area contributed by atoms with E-state index in [1.165, 1.54) is 4.68 Å². The Morgan fingerprint density at radius 3 is 2.52 bits per heavy atom. The molecule has 2 fully saturated rings. The second-order valence-electron chi connectivity index (χ2n) is 8.94. The Kier molecular flexibility index (Phi) is 5.01. The fourth-order valence-electron chi connectivity index (χ4n) is 5.75. The molecule has 0 saturated heterocycles. The van der Waals surface area contributed by atoms with Crippen molar-refractivity contribution >= 4 is 45.0 Å². The van der Waals surface area contributed by atoms with Gasteiger partial charge in [-0.15, -0.1) is 0 Å². The normalized spacial score (nSPS) is 27.0. The molecule has 162 valence electrons. The molecular weight excluding hydrogens is 480 g/mol. The first kappa shape index (κ1) is 20.8. The van der Waals surface area contributed by atoms with Crippen LogP contribution < -0.4 is 10.6 Å². The number of rotatable bonds is 5. The van der Waals surface area contributed by atoms with Gasteiger partial charge < -0.3 is 10.6 Å². The Morgan fingerprint density at radius 1 is 1.23 bits per heavy atom. The molecule has 2 amide bonds. The van der Waals surface area contributed by atoms with Crippen molar-refractivity contribution in [2.75, 3.05) is 11.9 Å². The first-order valence-corrected chi connectivity index (χ1v) is 11.7. The third-order valence-electron chi connectivity index (χ3n) is 7.28. The van der Waals surface area contributed by atoms with E-state index in [1.54, 1.807) is 14.0 Å². The minimum Gasteiger partial charge on any atom is -0.352 e. The van der Waals surface area contributed by atoms with Crippen LogP contribution in [0.1, 0.15) is 28.9 Å². The molecule has 1 spiro atoms. The Bertz CT molecular complexity index is 1090. The monoisotopic (exact) mass is 502 g/mol. The maximum absolute atomic E-state index is 13.3. The fraction of sp³-hybridized carbons (Fsp3) is 0.435. The maximum Gasteiger partial charge on any atom is 0.256 e. The molecule has 0 aliphatic heterocycles. The highest BCUT2D eigenvalue weighted by atomic mass is 79.9. The van der Waals surface area contributed by atoms with E-state index < -0.39 is 0 Å². The summed E-state index contributed by atoms with van der Waals surface area (Å²) in [5, 5.41) is 10.7. The first-order chi connectivity index (χ1) is 14.8. The molecular formula is C23H24BrClN4O2. The lowest BCUT2D eigenvalue weighted by molar-refractivity contribution is -0.122. The minimum absolute atomic E-state index is 0.0280. The lowest BCUT2D eigenvalue weighted by Gasteiger charge is -2.27. The highest BCUT2D eigenvalue weighted by molar-refractivity contribution is 9.10. The number of carbonyl (C=O) groups excluding carboxylic acids is 2. The van der Waals surface area contributed by atoms with Crippen molar-refractivity contribution in [3.05, 3.63) is 57.3 Å². The molecule has 1 aromatic carbocycles. The van der Waals surface area contributed by atoms with Gasteiger partial charge in [-0.25, -0.2) is 0 Å². The number of amides is 2. The number of halogens is 2. The number of anilines is 1. The maximum atomic E-state index is 13.3. The second-order valence-corrected chi connectivity index (χ2v) is 10.2. The van der Waals surface area contributed by atoms with Crippen LogP contribution in [0.4, 0.5) is 5.69 Å². The highest BCUT2D eigenvalue weighted by Gasteiger charge is 2.68. The van der Waals surface area contributed by atoms with Gasteiger partial charge in [-0.2, -0.15) is 5.10 Å². The molecule has 0 radical (unpaired) electrons. The van der Waals surface area contributed by atoms with Gasteiger partial charge in [0.15, 0.2) is 0 Å². The fourth-order valence-corrected chi connectivity index (χ4v) is 6.27. The summed E-state index contributed by atoms with van der Waals surface area (Å²) in [4.78, 5) is 26.2. The van der Waals surface area contributed by atoms with E-state index in [-0.39, 0.29) is 35.0 Å². The molecule has 2 N–H and O–H groups in total. The van der Waals surface area contributed by atoms with Gasteiger partial charge in [0.05, 0.1) is 17.2 Å². The van der Waals surface area contributed by atoms with Gasteiger partial charge in [0.1, 0.15) is 5.15 Å². The van der Waals surface area contributed by atoms with Gasteiger partial charge in [0.25, 0.3) is 5.91 Å². The number of aryl methyl sites for hydroxylation is 2. The second kappa shape index (κ2) is 7.48. The van der Waals surface area contributed by atoms with Gasteiger partial charge in [0.2, 0.25) is 5.91 Å². The van der Waals surface area contributed by atoms with Gasteiger partial charge in [0, 0.05) is 23.8 Å². The average molecular weight is 504 g/mol. The Balaban J connectivity index is 1.35. The van der Waals surface area contributed by atoms with E-state index in [0.29, 0.717) is 28.9 Å². The first-order valence-electron chi connectivity index (χ1n) is 10.5. The summed E-state index contributed by atoms with van der Waals surface area (Å²) >= 11 is 9.69. The molecule has 5 rings (SSSR count). The molecule has 2 saturated carbocycles. The zero-order chi connectivity index (χ0) is 21.9. The highest BCUT2D eigenvalue weighted by Crippen LogP contribution is 2.71. The number of benzene rings is 1. The lowest BCUT2D eigenvalue weighted by atomic mass is 9.82. The van der Waals surface area contributed by atoms with E-state index in [2.05, 4.69) is 43.8 Å². The van der Waals surface area contributed by atoms with Gasteiger partial charge in [-0.1, -0.05) is 39.7 Å². The molecule has 1 heterocycles. The molecule has 8 heteroatoms. The van der Waals surface area contributed by atoms with E-state index in [9.17, 15) is 9.59 Å². The number of allylic oxidation sites excluding steroid dienone is 2. The minimum atomic E-state index is -0.237. The van der Waals surface area contributed by atoms with Crippen LogP contribution in [0.15, 0.2) is 40.9 Å². The van der Waals surface area contributed by atoms with E-state index >= 15 is 0 Å². The molecule has 0 unspecified atom stereocenters. The summed E-state index contributed by atoms with van der Waals surface area (Å²) in [5.41, 5.74) is 1.99. The van der Waals surface area contributed by atoms with Gasteiger partial charge in [-0.3, -0.25) is 14.3 Å². The summed E-state index contributed by atoms with van der Waals surface area (Å²) in [6, 6.07) is 7.61. The third kappa shape index (κ3) is 3.33. The molecule has 3 aliphatic rings. The van der Waals surface area contributed by atoms with E-state index in [1.807, 2.05) is 24.3 Å². The van der Waals surface area contributed by atoms with Gasteiger partial charge >= 0.3 is 0 Å². The number of aromatic nitrogens is 2. The van der Waals surface area contributed by atoms with Crippen LogP contribution in [0.25, 0.3) is 0 Å². The van der Waals surface area contributed by atoms with Crippen molar-refractivity contribution in [1.29, 1.82) is 0 Å². The summed E-state index contributed by atoms with van der Waals surface area (Å²) in [7, 11) is 1.71. The predicted octanol–water partition coefficient (Wildman–Crippen LogP) is 4.34. The van der Waals surface area contributed by atoms with Crippen molar-refractivity contribution in [3.8, 4) is 0 Å². The van der Waals surface area contributed by atoms with E-state index in [0.717, 1.165) is 23.0 Å². The number of nitrogens with one attached hydrogen (secondary N) is 2. The summed E-state index contributed by atoms with van der Waals surface area (Å²) < 4.78 is 2.47. The zero-order valence-electron chi connectivity index (χ0n) is 17.4. The zero-order valence-corrected chi connectivity index (χ0v) is 19.7. The summed E-state index contributed by atoms with van der Waals surface area (Å²) in [5.74, 6) is 0.252. The molecule has 3 aliphatic carbocycles. The standard InChI is InChI=1S/C23H24BrClN4O2/c1-12-18(20(25)29(2)28-12)21(30)26-11-15-16-7-8-17(23(16)9-10-23)19(15)22(31)27-14-5-3-13(24)4-6-14/h3-8,15-17,19H,9-11H2,1-2H3,(H,26,30)(H,27,31)/t15-,16-,17+,19+/m1/s1. The van der Waals surface area contributed by atoms with Crippen molar-refractivity contribution in [2.24, 2.45) is 36.1 Å². The van der Waals surface area contributed by atoms with Crippen LogP contribution in [-0.4, -0.2) is 28.1 Å². The summed E-state index contributed by atoms with van der Waals surface area (Å²) in [6.45, 7) is 2.21. The number of hydrogen-bond donors (Lipinski definition) is 2. The number of carbonyl (C=O) groups is 2. The average Bonchev–Trinajstić information content (AvgIpc) is 3.32. The third-order valence-corrected chi connectivity index (χ3v) is 8.24. The number of hydrogen-bond acceptors (Lipinski definition) is 3. The Labute approximate surface area is 194 Å². The quantitative estimate of drug-likeness (QED) is 0.596. The predicted molar refractivity (Wildman–Crippen MR) is 123 cm³/mol. The van der Waals surface area contributed by atoms with Crippen LogP contribution in [0.5, 0.6) is 0 Å². The van der Waals surface area contributed by atoms with Gasteiger partial charge in [-0.05, 0) is 67.2 Å². The lowest BCUT2D eigenvalue weighted by Crippen LogP contribution is -2.39. The van der Waals surface area contributed by atoms with E-state index in [4.69, 9.17) is 11.6 Å². The van der Waals surface area contributed by atoms with Crippen molar-refractivity contribution in [3.63, 3.8) is 0 Å². The molecule has 1 aromatic heterocycles. The van der Waals surface area contributed by atoms with Crippen LogP contribution in [0, 0.1) is 36.0 Å². The Morgan fingerprint density at radius 2 is 1.90 bits per heavy atom. The van der Waals surface area contributed by atoms with Crippen molar-refractivity contribution in [1.82, 2.24) is 15.1 Å².